The fraction of sp³-hybridized carbons (Fsp3) is 0.231. The van der Waals surface area contributed by atoms with E-state index in [1.165, 1.54) is 25.4 Å². The van der Waals surface area contributed by atoms with Gasteiger partial charge in [0.05, 0.1) is 18.0 Å². The highest BCUT2D eigenvalue weighted by Crippen LogP contribution is 2.33. The molecule has 1 aromatic carbocycles. The number of pyridine rings is 1. The third kappa shape index (κ3) is 1.91. The van der Waals surface area contributed by atoms with Crippen LogP contribution in [-0.2, 0) is 6.54 Å². The number of hydrogen-bond acceptors (Lipinski definition) is 4. The molecule has 0 fully saturated rings. The minimum atomic E-state index is -1.28. The molecule has 100 valence electrons. The van der Waals surface area contributed by atoms with E-state index in [0.29, 0.717) is 12.1 Å². The van der Waals surface area contributed by atoms with Gasteiger partial charge in [-0.2, -0.15) is 0 Å². The summed E-state index contributed by atoms with van der Waals surface area (Å²) < 4.78 is 6.67. The van der Waals surface area contributed by atoms with E-state index >= 15 is 0 Å². The van der Waals surface area contributed by atoms with Crippen molar-refractivity contribution in [2.24, 2.45) is 0 Å². The molecule has 0 saturated carbocycles. The normalized spacial score (nSPS) is 10.6. The Hall–Kier alpha value is -2.50. The van der Waals surface area contributed by atoms with E-state index in [-0.39, 0.29) is 22.4 Å². The Morgan fingerprint density at radius 2 is 2.11 bits per heavy atom. The molecule has 0 amide bonds. The van der Waals surface area contributed by atoms with Gasteiger partial charge in [0.1, 0.15) is 5.56 Å². The van der Waals surface area contributed by atoms with Gasteiger partial charge in [-0.15, -0.1) is 0 Å². The zero-order valence-electron chi connectivity index (χ0n) is 10.5. The molecule has 6 nitrogen and oxygen atoms in total. The van der Waals surface area contributed by atoms with Crippen molar-refractivity contribution in [1.82, 2.24) is 4.57 Å². The molecule has 0 aliphatic rings. The molecular weight excluding hydrogens is 250 g/mol. The maximum absolute atomic E-state index is 12.1. The summed E-state index contributed by atoms with van der Waals surface area (Å²) >= 11 is 0. The summed E-state index contributed by atoms with van der Waals surface area (Å²) in [4.78, 5) is 23.1. The van der Waals surface area contributed by atoms with Gasteiger partial charge < -0.3 is 19.5 Å². The largest absolute Gasteiger partial charge is 0.504 e. The lowest BCUT2D eigenvalue weighted by Crippen LogP contribution is -2.19. The zero-order chi connectivity index (χ0) is 14.2. The number of hydrogen-bond donors (Lipinski definition) is 2. The Labute approximate surface area is 108 Å². The van der Waals surface area contributed by atoms with Crippen molar-refractivity contribution in [3.8, 4) is 11.5 Å². The summed E-state index contributed by atoms with van der Waals surface area (Å²) in [6.45, 7) is 2.25. The van der Waals surface area contributed by atoms with Gasteiger partial charge in [-0.25, -0.2) is 4.79 Å². The molecule has 2 N–H and O–H groups in total. The molecule has 0 radical (unpaired) electrons. The molecule has 19 heavy (non-hydrogen) atoms. The van der Waals surface area contributed by atoms with E-state index in [4.69, 9.17) is 9.84 Å². The van der Waals surface area contributed by atoms with E-state index < -0.39 is 11.4 Å². The molecular formula is C13H13NO5. The molecule has 1 aromatic heterocycles. The maximum atomic E-state index is 12.1. The van der Waals surface area contributed by atoms with Crippen LogP contribution in [0.4, 0.5) is 0 Å². The molecule has 0 spiro atoms. The summed E-state index contributed by atoms with van der Waals surface area (Å²) in [6.07, 6.45) is 1.26. The Balaban J connectivity index is 3.02. The Morgan fingerprint density at radius 1 is 1.42 bits per heavy atom. The number of carboxylic acid groups (broad SMARTS) is 1. The number of carbonyl (C=O) groups is 1. The van der Waals surface area contributed by atoms with Crippen LogP contribution in [0.2, 0.25) is 0 Å². The van der Waals surface area contributed by atoms with Gasteiger partial charge in [-0.3, -0.25) is 4.79 Å². The van der Waals surface area contributed by atoms with Gasteiger partial charge in [-0.05, 0) is 19.1 Å². The van der Waals surface area contributed by atoms with Crippen LogP contribution in [-0.4, -0.2) is 27.9 Å². The number of nitrogens with zero attached hydrogens (tertiary/aromatic N) is 1. The number of fused-ring (bicyclic) bond motifs is 1. The highest BCUT2D eigenvalue weighted by Gasteiger charge is 2.18. The van der Waals surface area contributed by atoms with Crippen molar-refractivity contribution in [3.63, 3.8) is 0 Å². The van der Waals surface area contributed by atoms with Crippen molar-refractivity contribution in [2.75, 3.05) is 7.11 Å². The molecule has 0 atom stereocenters. The third-order valence-corrected chi connectivity index (χ3v) is 2.95. The quantitative estimate of drug-likeness (QED) is 0.874. The van der Waals surface area contributed by atoms with Crippen LogP contribution in [0.1, 0.15) is 17.3 Å². The molecule has 0 unspecified atom stereocenters. The zero-order valence-corrected chi connectivity index (χ0v) is 10.5. The second-order valence-corrected chi connectivity index (χ2v) is 3.98. The fourth-order valence-corrected chi connectivity index (χ4v) is 2.06. The van der Waals surface area contributed by atoms with Gasteiger partial charge in [0.25, 0.3) is 0 Å². The number of benzene rings is 1. The number of ether oxygens (including phenoxy) is 1. The molecule has 0 bridgehead atoms. The first kappa shape index (κ1) is 12.9. The lowest BCUT2D eigenvalue weighted by atomic mass is 10.1. The minimum absolute atomic E-state index is 0.0975. The number of methoxy groups -OCH3 is 1. The summed E-state index contributed by atoms with van der Waals surface area (Å²) in [5.74, 6) is -1.21. The molecule has 6 heteroatoms. The van der Waals surface area contributed by atoms with Crippen LogP contribution in [0.3, 0.4) is 0 Å². The van der Waals surface area contributed by atoms with Crippen molar-refractivity contribution in [3.05, 3.63) is 34.1 Å². The number of rotatable bonds is 3. The van der Waals surface area contributed by atoms with Crippen LogP contribution in [0.15, 0.2) is 23.1 Å². The first-order chi connectivity index (χ1) is 9.01. The number of aromatic carboxylic acids is 1. The van der Waals surface area contributed by atoms with Gasteiger partial charge in [0.15, 0.2) is 11.5 Å². The van der Waals surface area contributed by atoms with E-state index in [9.17, 15) is 14.7 Å². The van der Waals surface area contributed by atoms with Gasteiger partial charge in [0, 0.05) is 12.7 Å². The van der Waals surface area contributed by atoms with Crippen molar-refractivity contribution < 1.29 is 19.7 Å². The number of carboxylic acids is 1. The van der Waals surface area contributed by atoms with Crippen molar-refractivity contribution in [2.45, 2.75) is 13.5 Å². The van der Waals surface area contributed by atoms with Gasteiger partial charge in [0.2, 0.25) is 5.43 Å². The lowest BCUT2D eigenvalue weighted by Gasteiger charge is -2.14. The van der Waals surface area contributed by atoms with Gasteiger partial charge >= 0.3 is 5.97 Å². The molecule has 0 saturated heterocycles. The summed E-state index contributed by atoms with van der Waals surface area (Å²) in [7, 11) is 1.38. The molecule has 0 aliphatic heterocycles. The van der Waals surface area contributed by atoms with E-state index in [1.807, 2.05) is 0 Å². The molecule has 2 rings (SSSR count). The average molecular weight is 263 g/mol. The number of aromatic hydroxyl groups is 1. The fourth-order valence-electron chi connectivity index (χ4n) is 2.06. The first-order valence-electron chi connectivity index (χ1n) is 5.67. The average Bonchev–Trinajstić information content (AvgIpc) is 2.38. The summed E-state index contributed by atoms with van der Waals surface area (Å²) in [5.41, 5.74) is -0.507. The first-order valence-corrected chi connectivity index (χ1v) is 5.67. The predicted octanol–water partition coefficient (Wildman–Crippen LogP) is 1.43. The van der Waals surface area contributed by atoms with Crippen LogP contribution in [0.25, 0.3) is 10.9 Å². The summed E-state index contributed by atoms with van der Waals surface area (Å²) in [6, 6.07) is 2.71. The predicted molar refractivity (Wildman–Crippen MR) is 69.1 cm³/mol. The van der Waals surface area contributed by atoms with E-state index in [2.05, 4.69) is 0 Å². The lowest BCUT2D eigenvalue weighted by molar-refractivity contribution is 0.0695. The van der Waals surface area contributed by atoms with Crippen LogP contribution < -0.4 is 10.2 Å². The smallest absolute Gasteiger partial charge is 0.341 e. The number of aromatic nitrogens is 1. The Kier molecular flexibility index (Phi) is 3.16. The second-order valence-electron chi connectivity index (χ2n) is 3.98. The second kappa shape index (κ2) is 4.64. The van der Waals surface area contributed by atoms with Crippen LogP contribution in [0, 0.1) is 0 Å². The molecule has 1 heterocycles. The highest BCUT2D eigenvalue weighted by molar-refractivity contribution is 5.95. The Bertz CT molecular complexity index is 717. The van der Waals surface area contributed by atoms with Crippen molar-refractivity contribution >= 4 is 16.9 Å². The third-order valence-electron chi connectivity index (χ3n) is 2.95. The number of phenols is 1. The molecule has 2 aromatic rings. The summed E-state index contributed by atoms with van der Waals surface area (Å²) in [5, 5.41) is 19.0. The van der Waals surface area contributed by atoms with Crippen molar-refractivity contribution in [1.29, 1.82) is 0 Å². The van der Waals surface area contributed by atoms with Crippen LogP contribution in [0.5, 0.6) is 11.5 Å². The topological polar surface area (TPSA) is 88.8 Å². The minimum Gasteiger partial charge on any atom is -0.504 e. The highest BCUT2D eigenvalue weighted by atomic mass is 16.5. The molecule has 0 aliphatic carbocycles. The van der Waals surface area contributed by atoms with Gasteiger partial charge in [-0.1, -0.05) is 0 Å². The van der Waals surface area contributed by atoms with E-state index in [1.54, 1.807) is 11.5 Å². The van der Waals surface area contributed by atoms with E-state index in [0.717, 1.165) is 0 Å². The number of aryl methyl sites for hydroxylation is 1. The standard InChI is InChI=1S/C13H13NO5/c1-3-14-6-8(13(17)18)11(16)7-4-5-9(15)12(19-2)10(7)14/h4-6,15H,3H2,1-2H3,(H,17,18). The maximum Gasteiger partial charge on any atom is 0.341 e. The number of phenolic OH excluding ortho intramolecular Hbond substituents is 1. The monoisotopic (exact) mass is 263 g/mol. The van der Waals surface area contributed by atoms with Crippen LogP contribution >= 0.6 is 0 Å². The Morgan fingerprint density at radius 3 is 2.63 bits per heavy atom. The SMILES string of the molecule is CCn1cc(C(=O)O)c(=O)c2ccc(O)c(OC)c21.